The van der Waals surface area contributed by atoms with E-state index in [1.165, 1.54) is 24.3 Å². The number of aliphatic hydroxyl groups is 1. The van der Waals surface area contributed by atoms with Gasteiger partial charge in [-0.05, 0) is 55.7 Å². The Balaban J connectivity index is 1.66. The maximum absolute atomic E-state index is 13.8. The molecule has 1 fully saturated rings. The van der Waals surface area contributed by atoms with Crippen LogP contribution in [0, 0.1) is 5.82 Å². The van der Waals surface area contributed by atoms with Crippen LogP contribution in [-0.4, -0.2) is 32.9 Å². The minimum absolute atomic E-state index is 0.116. The summed E-state index contributed by atoms with van der Waals surface area (Å²) in [5, 5.41) is 18.3. The summed E-state index contributed by atoms with van der Waals surface area (Å²) in [6, 6.07) is 13.7. The average Bonchev–Trinajstić information content (AvgIpc) is 2.80. The molecule has 0 unspecified atom stereocenters. The van der Waals surface area contributed by atoms with Gasteiger partial charge in [0.1, 0.15) is 11.4 Å². The molecule has 8 heteroatoms. The number of hydrogen-bond acceptors (Lipinski definition) is 4. The number of aromatic nitrogens is 2. The normalized spacial score (nSPS) is 15.2. The maximum Gasteiger partial charge on any atom is 0.284 e. The molecule has 0 radical (unpaired) electrons. The summed E-state index contributed by atoms with van der Waals surface area (Å²) < 4.78 is 14.9. The molecule has 2 aromatic carbocycles. The van der Waals surface area contributed by atoms with E-state index in [0.717, 1.165) is 23.9 Å². The van der Waals surface area contributed by atoms with E-state index < -0.39 is 22.9 Å². The molecule has 1 heterocycles. The third-order valence-corrected chi connectivity index (χ3v) is 6.26. The summed E-state index contributed by atoms with van der Waals surface area (Å²) in [7, 11) is 0. The van der Waals surface area contributed by atoms with Crippen LogP contribution in [0.4, 0.5) is 4.39 Å². The van der Waals surface area contributed by atoms with Gasteiger partial charge in [-0.1, -0.05) is 49.1 Å². The van der Waals surface area contributed by atoms with Crippen molar-refractivity contribution in [3.8, 4) is 16.9 Å². The molecule has 0 atom stereocenters. The molecule has 1 aliphatic rings. The summed E-state index contributed by atoms with van der Waals surface area (Å²) in [6.07, 6.45) is 4.90. The highest BCUT2D eigenvalue weighted by molar-refractivity contribution is 6.30. The van der Waals surface area contributed by atoms with E-state index in [9.17, 15) is 19.1 Å². The minimum atomic E-state index is -0.778. The van der Waals surface area contributed by atoms with E-state index in [0.29, 0.717) is 35.5 Å². The molecular weight excluding hydrogens is 445 g/mol. The van der Waals surface area contributed by atoms with Crippen LogP contribution in [0.1, 0.15) is 48.9 Å². The standard InChI is InChI=1S/C25H25ClFN3O3/c26-18-9-7-17(8-10-18)22-16-21(23(31)28-14-13-25(33)11-2-1-3-12-25)24(32)30(29-22)20-6-4-5-19(27)15-20/h4-10,15-16,33H,1-3,11-14H2,(H,28,31). The van der Waals surface area contributed by atoms with Gasteiger partial charge in [-0.3, -0.25) is 9.59 Å². The molecule has 1 amide bonds. The molecule has 1 saturated carbocycles. The van der Waals surface area contributed by atoms with E-state index in [4.69, 9.17) is 11.6 Å². The second-order valence-electron chi connectivity index (χ2n) is 8.44. The van der Waals surface area contributed by atoms with E-state index in [1.54, 1.807) is 30.3 Å². The molecule has 2 N–H and O–H groups in total. The zero-order chi connectivity index (χ0) is 23.4. The lowest BCUT2D eigenvalue weighted by Crippen LogP contribution is -2.38. The smallest absolute Gasteiger partial charge is 0.284 e. The maximum atomic E-state index is 13.8. The predicted octanol–water partition coefficient (Wildman–Crippen LogP) is 4.51. The monoisotopic (exact) mass is 469 g/mol. The summed E-state index contributed by atoms with van der Waals surface area (Å²) in [5.74, 6) is -1.09. The first kappa shape index (κ1) is 23.1. The molecule has 172 valence electrons. The Labute approximate surface area is 196 Å². The molecule has 6 nitrogen and oxygen atoms in total. The summed E-state index contributed by atoms with van der Waals surface area (Å²) >= 11 is 5.98. The molecule has 4 rings (SSSR count). The fourth-order valence-electron chi connectivity index (χ4n) is 4.17. The van der Waals surface area contributed by atoms with E-state index >= 15 is 0 Å². The van der Waals surface area contributed by atoms with Crippen molar-refractivity contribution in [2.45, 2.75) is 44.1 Å². The van der Waals surface area contributed by atoms with Crippen molar-refractivity contribution >= 4 is 17.5 Å². The summed E-state index contributed by atoms with van der Waals surface area (Å²) in [4.78, 5) is 26.1. The number of nitrogens with zero attached hydrogens (tertiary/aromatic N) is 2. The van der Waals surface area contributed by atoms with Crippen molar-refractivity contribution in [3.63, 3.8) is 0 Å². The first-order chi connectivity index (χ1) is 15.8. The third kappa shape index (κ3) is 5.49. The molecule has 1 aliphatic carbocycles. The van der Waals surface area contributed by atoms with Crippen molar-refractivity contribution < 1.29 is 14.3 Å². The first-order valence-electron chi connectivity index (χ1n) is 11.0. The highest BCUT2D eigenvalue weighted by Crippen LogP contribution is 2.30. The molecule has 3 aromatic rings. The summed E-state index contributed by atoms with van der Waals surface area (Å²) in [5.41, 5.74) is -0.329. The van der Waals surface area contributed by atoms with E-state index in [2.05, 4.69) is 10.4 Å². The van der Waals surface area contributed by atoms with Crippen LogP contribution in [0.15, 0.2) is 59.4 Å². The molecule has 0 saturated heterocycles. The van der Waals surface area contributed by atoms with Crippen molar-refractivity contribution in [3.05, 3.63) is 81.4 Å². The van der Waals surface area contributed by atoms with Crippen molar-refractivity contribution in [2.24, 2.45) is 0 Å². The third-order valence-electron chi connectivity index (χ3n) is 6.01. The fourth-order valence-corrected chi connectivity index (χ4v) is 4.29. The largest absolute Gasteiger partial charge is 0.390 e. The quantitative estimate of drug-likeness (QED) is 0.556. The lowest BCUT2D eigenvalue weighted by Gasteiger charge is -2.32. The van der Waals surface area contributed by atoms with Crippen molar-refractivity contribution in [2.75, 3.05) is 6.54 Å². The van der Waals surface area contributed by atoms with Crippen LogP contribution >= 0.6 is 11.6 Å². The molecule has 1 aromatic heterocycles. The van der Waals surface area contributed by atoms with E-state index in [-0.39, 0.29) is 17.8 Å². The zero-order valence-electron chi connectivity index (χ0n) is 18.1. The Morgan fingerprint density at radius 3 is 2.55 bits per heavy atom. The van der Waals surface area contributed by atoms with Crippen LogP contribution in [0.3, 0.4) is 0 Å². The SMILES string of the molecule is O=C(NCCC1(O)CCCCC1)c1cc(-c2ccc(Cl)cc2)nn(-c2cccc(F)c2)c1=O. The Morgan fingerprint density at radius 2 is 1.85 bits per heavy atom. The minimum Gasteiger partial charge on any atom is -0.390 e. The number of rotatable bonds is 6. The molecule has 33 heavy (non-hydrogen) atoms. The van der Waals surface area contributed by atoms with Gasteiger partial charge in [0, 0.05) is 17.1 Å². The number of carbonyl (C=O) groups is 1. The first-order valence-corrected chi connectivity index (χ1v) is 11.4. The zero-order valence-corrected chi connectivity index (χ0v) is 18.8. The Kier molecular flexibility index (Phi) is 6.91. The predicted molar refractivity (Wildman–Crippen MR) is 125 cm³/mol. The molecule has 0 bridgehead atoms. The van der Waals surface area contributed by atoms with E-state index in [1.807, 2.05) is 0 Å². The highest BCUT2D eigenvalue weighted by Gasteiger charge is 2.29. The number of halogens is 2. The topological polar surface area (TPSA) is 84.2 Å². The second kappa shape index (κ2) is 9.85. The van der Waals surface area contributed by atoms with Crippen LogP contribution in [0.5, 0.6) is 0 Å². The number of amides is 1. The molecular formula is C25H25ClFN3O3. The second-order valence-corrected chi connectivity index (χ2v) is 8.87. The number of nitrogens with one attached hydrogen (secondary N) is 1. The van der Waals surface area contributed by atoms with Gasteiger partial charge in [0.25, 0.3) is 11.5 Å². The number of hydrogen-bond donors (Lipinski definition) is 2. The lowest BCUT2D eigenvalue weighted by atomic mass is 9.82. The van der Waals surface area contributed by atoms with Crippen LogP contribution in [-0.2, 0) is 0 Å². The average molecular weight is 470 g/mol. The van der Waals surface area contributed by atoms with Gasteiger partial charge in [-0.2, -0.15) is 9.78 Å². The van der Waals surface area contributed by atoms with Crippen molar-refractivity contribution in [1.82, 2.24) is 15.1 Å². The van der Waals surface area contributed by atoms with Crippen LogP contribution in [0.2, 0.25) is 5.02 Å². The molecule has 0 aliphatic heterocycles. The van der Waals surface area contributed by atoms with Gasteiger partial charge >= 0.3 is 0 Å². The van der Waals surface area contributed by atoms with Crippen molar-refractivity contribution in [1.29, 1.82) is 0 Å². The van der Waals surface area contributed by atoms with Gasteiger partial charge < -0.3 is 10.4 Å². The Hall–Kier alpha value is -3.03. The van der Waals surface area contributed by atoms with Crippen LogP contribution in [0.25, 0.3) is 16.9 Å². The summed E-state index contributed by atoms with van der Waals surface area (Å²) in [6.45, 7) is 0.243. The Morgan fingerprint density at radius 1 is 1.12 bits per heavy atom. The Bertz CT molecular complexity index is 1200. The van der Waals surface area contributed by atoms with Gasteiger partial charge in [0.15, 0.2) is 0 Å². The molecule has 0 spiro atoms. The van der Waals surface area contributed by atoms with Gasteiger partial charge in [0.2, 0.25) is 0 Å². The van der Waals surface area contributed by atoms with Gasteiger partial charge in [-0.15, -0.1) is 0 Å². The van der Waals surface area contributed by atoms with Gasteiger partial charge in [-0.25, -0.2) is 4.39 Å². The number of carbonyl (C=O) groups excluding carboxylic acids is 1. The fraction of sp³-hybridized carbons (Fsp3) is 0.320. The van der Waals surface area contributed by atoms with Crippen LogP contribution < -0.4 is 10.9 Å². The van der Waals surface area contributed by atoms with Gasteiger partial charge in [0.05, 0.1) is 17.0 Å². The number of benzene rings is 2. The lowest BCUT2D eigenvalue weighted by molar-refractivity contribution is -0.00293. The highest BCUT2D eigenvalue weighted by atomic mass is 35.5.